The fourth-order valence-electron chi connectivity index (χ4n) is 3.50. The number of para-hydroxylation sites is 1. The molecule has 29 heavy (non-hydrogen) atoms. The third kappa shape index (κ3) is 4.08. The highest BCUT2D eigenvalue weighted by Crippen LogP contribution is 2.23. The molecule has 0 unspecified atom stereocenters. The van der Waals surface area contributed by atoms with Crippen LogP contribution < -0.4 is 9.64 Å². The van der Waals surface area contributed by atoms with E-state index in [0.29, 0.717) is 49.9 Å². The zero-order chi connectivity index (χ0) is 20.2. The third-order valence-corrected chi connectivity index (χ3v) is 5.03. The number of amides is 1. The first-order chi connectivity index (χ1) is 14.2. The molecule has 3 aromatic rings. The summed E-state index contributed by atoms with van der Waals surface area (Å²) in [4.78, 5) is 16.6. The molecule has 1 aliphatic heterocycles. The molecule has 2 aromatic carbocycles. The molecule has 1 aromatic heterocycles. The van der Waals surface area contributed by atoms with E-state index in [9.17, 15) is 9.18 Å². The molecule has 0 bridgehead atoms. The first-order valence-electron chi connectivity index (χ1n) is 9.73. The average molecular weight is 394 g/mol. The number of halogens is 1. The summed E-state index contributed by atoms with van der Waals surface area (Å²) < 4.78 is 19.4. The van der Waals surface area contributed by atoms with E-state index in [4.69, 9.17) is 4.74 Å². The van der Waals surface area contributed by atoms with Gasteiger partial charge in [0, 0.05) is 31.7 Å². The van der Waals surface area contributed by atoms with Gasteiger partial charge in [-0.1, -0.05) is 12.1 Å². The number of carbonyl (C=O) groups excluding carboxylic acids is 1. The lowest BCUT2D eigenvalue weighted by atomic mass is 10.1. The molecule has 0 atom stereocenters. The van der Waals surface area contributed by atoms with Gasteiger partial charge in [0.2, 0.25) is 0 Å². The molecule has 1 amide bonds. The van der Waals surface area contributed by atoms with Gasteiger partial charge < -0.3 is 14.5 Å². The van der Waals surface area contributed by atoms with Crippen LogP contribution in [0.5, 0.6) is 5.75 Å². The van der Waals surface area contributed by atoms with Crippen LogP contribution in [0.15, 0.2) is 54.6 Å². The van der Waals surface area contributed by atoms with Crippen LogP contribution in [0, 0.1) is 5.82 Å². The maximum Gasteiger partial charge on any atom is 0.272 e. The number of anilines is 1. The molecule has 1 fully saturated rings. The first-order valence-corrected chi connectivity index (χ1v) is 9.73. The zero-order valence-corrected chi connectivity index (χ0v) is 16.3. The molecule has 2 heterocycles. The number of benzene rings is 2. The fraction of sp³-hybridized carbons (Fsp3) is 0.273. The molecule has 0 aliphatic carbocycles. The van der Waals surface area contributed by atoms with Crippen molar-refractivity contribution in [2.45, 2.75) is 6.92 Å². The number of carbonyl (C=O) groups is 1. The van der Waals surface area contributed by atoms with Gasteiger partial charge in [0.25, 0.3) is 5.91 Å². The molecule has 1 aliphatic rings. The zero-order valence-electron chi connectivity index (χ0n) is 16.3. The lowest BCUT2D eigenvalue weighted by Crippen LogP contribution is -2.49. The first kappa shape index (κ1) is 19.0. The second kappa shape index (κ2) is 8.34. The van der Waals surface area contributed by atoms with Crippen LogP contribution in [0.25, 0.3) is 11.3 Å². The predicted molar refractivity (Wildman–Crippen MR) is 110 cm³/mol. The maximum atomic E-state index is 14.0. The van der Waals surface area contributed by atoms with E-state index < -0.39 is 0 Å². The van der Waals surface area contributed by atoms with E-state index in [1.54, 1.807) is 23.1 Å². The van der Waals surface area contributed by atoms with E-state index >= 15 is 0 Å². The molecular formula is C22H23FN4O2. The number of nitrogens with zero attached hydrogens (tertiary/aromatic N) is 3. The number of hydrogen-bond acceptors (Lipinski definition) is 4. The standard InChI is InChI=1S/C22H23FN4O2/c1-2-29-17-9-7-16(8-10-17)19-15-20(25-24-19)22(28)27-13-11-26(12-14-27)21-6-4-3-5-18(21)23/h3-10,15H,2,11-14H2,1H3,(H,24,25). The Labute approximate surface area is 168 Å². The second-order valence-electron chi connectivity index (χ2n) is 6.85. The van der Waals surface area contributed by atoms with Crippen LogP contribution in [0.2, 0.25) is 0 Å². The Balaban J connectivity index is 1.40. The fourth-order valence-corrected chi connectivity index (χ4v) is 3.50. The number of H-pyrrole nitrogens is 1. The van der Waals surface area contributed by atoms with Crippen LogP contribution in [0.3, 0.4) is 0 Å². The summed E-state index contributed by atoms with van der Waals surface area (Å²) in [5.74, 6) is 0.472. The monoisotopic (exact) mass is 394 g/mol. The van der Waals surface area contributed by atoms with Gasteiger partial charge in [0.1, 0.15) is 17.3 Å². The summed E-state index contributed by atoms with van der Waals surface area (Å²) >= 11 is 0. The van der Waals surface area contributed by atoms with Crippen LogP contribution in [0.4, 0.5) is 10.1 Å². The van der Waals surface area contributed by atoms with Crippen molar-refractivity contribution in [3.8, 4) is 17.0 Å². The van der Waals surface area contributed by atoms with Crippen LogP contribution >= 0.6 is 0 Å². The lowest BCUT2D eigenvalue weighted by Gasteiger charge is -2.36. The largest absolute Gasteiger partial charge is 0.494 e. The SMILES string of the molecule is CCOc1ccc(-c2cc(C(=O)N3CCN(c4ccccc4F)CC3)[nH]n2)cc1. The summed E-state index contributed by atoms with van der Waals surface area (Å²) in [6, 6.07) is 16.1. The Morgan fingerprint density at radius 2 is 1.83 bits per heavy atom. The summed E-state index contributed by atoms with van der Waals surface area (Å²) in [6.45, 7) is 4.80. The highest BCUT2D eigenvalue weighted by atomic mass is 19.1. The Bertz CT molecular complexity index is 978. The molecule has 4 rings (SSSR count). The highest BCUT2D eigenvalue weighted by molar-refractivity contribution is 5.93. The molecule has 0 spiro atoms. The summed E-state index contributed by atoms with van der Waals surface area (Å²) in [5, 5.41) is 7.13. The van der Waals surface area contributed by atoms with E-state index in [1.807, 2.05) is 42.2 Å². The number of aromatic amines is 1. The van der Waals surface area contributed by atoms with Gasteiger partial charge in [-0.15, -0.1) is 0 Å². The number of rotatable bonds is 5. The molecule has 7 heteroatoms. The molecule has 150 valence electrons. The van der Waals surface area contributed by atoms with Crippen LogP contribution in [-0.2, 0) is 0 Å². The minimum Gasteiger partial charge on any atom is -0.494 e. The van der Waals surface area contributed by atoms with Crippen molar-refractivity contribution in [2.75, 3.05) is 37.7 Å². The predicted octanol–water partition coefficient (Wildman–Crippen LogP) is 3.58. The quantitative estimate of drug-likeness (QED) is 0.719. The van der Waals surface area contributed by atoms with Crippen molar-refractivity contribution in [1.29, 1.82) is 0 Å². The number of hydrogen-bond donors (Lipinski definition) is 1. The number of piperazine rings is 1. The van der Waals surface area contributed by atoms with Crippen molar-refractivity contribution < 1.29 is 13.9 Å². The van der Waals surface area contributed by atoms with E-state index in [1.165, 1.54) is 6.07 Å². The number of aromatic nitrogens is 2. The Morgan fingerprint density at radius 1 is 1.10 bits per heavy atom. The van der Waals surface area contributed by atoms with Gasteiger partial charge in [-0.05, 0) is 49.4 Å². The van der Waals surface area contributed by atoms with Gasteiger partial charge in [-0.25, -0.2) is 4.39 Å². The van der Waals surface area contributed by atoms with Crippen molar-refractivity contribution in [1.82, 2.24) is 15.1 Å². The Kier molecular flexibility index (Phi) is 5.46. The number of ether oxygens (including phenoxy) is 1. The second-order valence-corrected chi connectivity index (χ2v) is 6.85. The van der Waals surface area contributed by atoms with Crippen molar-refractivity contribution >= 4 is 11.6 Å². The minimum atomic E-state index is -0.235. The van der Waals surface area contributed by atoms with E-state index in [-0.39, 0.29) is 11.7 Å². The Hall–Kier alpha value is -3.35. The molecular weight excluding hydrogens is 371 g/mol. The van der Waals surface area contributed by atoms with Crippen molar-refractivity contribution in [3.05, 3.63) is 66.1 Å². The molecule has 1 saturated heterocycles. The topological polar surface area (TPSA) is 61.5 Å². The summed E-state index contributed by atoms with van der Waals surface area (Å²) in [6.07, 6.45) is 0. The van der Waals surface area contributed by atoms with Crippen molar-refractivity contribution in [2.24, 2.45) is 0 Å². The van der Waals surface area contributed by atoms with E-state index in [2.05, 4.69) is 10.2 Å². The van der Waals surface area contributed by atoms with Crippen molar-refractivity contribution in [3.63, 3.8) is 0 Å². The average Bonchev–Trinajstić information content (AvgIpc) is 3.25. The summed E-state index contributed by atoms with van der Waals surface area (Å²) in [5.41, 5.74) is 2.65. The normalized spacial score (nSPS) is 14.1. The molecule has 6 nitrogen and oxygen atoms in total. The van der Waals surface area contributed by atoms with Gasteiger partial charge in [0.05, 0.1) is 18.0 Å². The van der Waals surface area contributed by atoms with Gasteiger partial charge >= 0.3 is 0 Å². The lowest BCUT2D eigenvalue weighted by molar-refractivity contribution is 0.0740. The van der Waals surface area contributed by atoms with Gasteiger partial charge in [-0.2, -0.15) is 5.10 Å². The summed E-state index contributed by atoms with van der Waals surface area (Å²) in [7, 11) is 0. The van der Waals surface area contributed by atoms with E-state index in [0.717, 1.165) is 11.3 Å². The van der Waals surface area contributed by atoms with Gasteiger partial charge in [-0.3, -0.25) is 9.89 Å². The maximum absolute atomic E-state index is 14.0. The highest BCUT2D eigenvalue weighted by Gasteiger charge is 2.24. The molecule has 0 saturated carbocycles. The molecule has 0 radical (unpaired) electrons. The molecule has 1 N–H and O–H groups in total. The number of nitrogens with one attached hydrogen (secondary N) is 1. The van der Waals surface area contributed by atoms with Crippen LogP contribution in [0.1, 0.15) is 17.4 Å². The third-order valence-electron chi connectivity index (χ3n) is 5.03. The smallest absolute Gasteiger partial charge is 0.272 e. The van der Waals surface area contributed by atoms with Crippen LogP contribution in [-0.4, -0.2) is 53.8 Å². The Morgan fingerprint density at radius 3 is 2.52 bits per heavy atom. The minimum absolute atomic E-state index is 0.0946. The van der Waals surface area contributed by atoms with Gasteiger partial charge in [0.15, 0.2) is 0 Å².